The minimum atomic E-state index is 0.439. The van der Waals surface area contributed by atoms with Crippen molar-refractivity contribution < 1.29 is 0 Å². The van der Waals surface area contributed by atoms with Crippen LogP contribution in [-0.2, 0) is 0 Å². The summed E-state index contributed by atoms with van der Waals surface area (Å²) in [5.74, 6) is 0. The first-order chi connectivity index (χ1) is 7.86. The van der Waals surface area contributed by atoms with E-state index in [1.165, 1.54) is 11.4 Å². The largest absolute Gasteiger partial charge is 0.311 e. The van der Waals surface area contributed by atoms with E-state index in [0.717, 1.165) is 19.5 Å². The summed E-state index contributed by atoms with van der Waals surface area (Å²) in [5, 5.41) is 12.2. The number of hydrogen-bond donors (Lipinski definition) is 1. The fraction of sp³-hybridized carbons (Fsp3) is 0.417. The Morgan fingerprint density at radius 2 is 2.12 bits per heavy atom. The van der Waals surface area contributed by atoms with Gasteiger partial charge in [0, 0.05) is 13.6 Å². The lowest BCUT2D eigenvalue weighted by atomic mass is 10.0. The highest BCUT2D eigenvalue weighted by atomic mass is 15.8. The maximum absolute atomic E-state index is 4.58. The van der Waals surface area contributed by atoms with Crippen molar-refractivity contribution in [1.82, 2.24) is 10.4 Å². The van der Waals surface area contributed by atoms with E-state index in [1.807, 2.05) is 18.2 Å². The summed E-state index contributed by atoms with van der Waals surface area (Å²) in [4.78, 5) is 0. The van der Waals surface area contributed by atoms with Crippen LogP contribution in [0.4, 0.5) is 5.69 Å². The number of anilines is 1. The molecule has 0 saturated carbocycles. The molecule has 4 nitrogen and oxygen atoms in total. The Labute approximate surface area is 95.5 Å². The van der Waals surface area contributed by atoms with Crippen LogP contribution in [0.1, 0.15) is 6.42 Å². The van der Waals surface area contributed by atoms with Crippen LogP contribution < -0.4 is 10.3 Å². The van der Waals surface area contributed by atoms with Crippen LogP contribution in [0.25, 0.3) is 0 Å². The highest BCUT2D eigenvalue weighted by Gasteiger charge is 2.34. The molecule has 0 aromatic heterocycles. The Morgan fingerprint density at radius 3 is 2.94 bits per heavy atom. The van der Waals surface area contributed by atoms with Crippen LogP contribution in [-0.4, -0.2) is 37.0 Å². The third kappa shape index (κ3) is 1.46. The molecule has 1 atom stereocenters. The highest BCUT2D eigenvalue weighted by Crippen LogP contribution is 2.26. The number of hydrazine groups is 1. The standard InChI is InChI=1S/C12H16N4/c1-15-14-11-9-13-8-7-12(11)16(15)10-5-3-2-4-6-10/h2-6,12-13H,7-9H2,1H3. The molecule has 0 spiro atoms. The second kappa shape index (κ2) is 3.79. The summed E-state index contributed by atoms with van der Waals surface area (Å²) in [6.45, 7) is 1.99. The molecular formula is C12H16N4. The normalized spacial score (nSPS) is 24.3. The Morgan fingerprint density at radius 1 is 1.31 bits per heavy atom. The van der Waals surface area contributed by atoms with Gasteiger partial charge in [-0.05, 0) is 25.1 Å². The maximum atomic E-state index is 4.58. The lowest BCUT2D eigenvalue weighted by Crippen LogP contribution is -2.48. The molecule has 1 aromatic carbocycles. The number of rotatable bonds is 1. The molecule has 1 unspecified atom stereocenters. The molecule has 16 heavy (non-hydrogen) atoms. The van der Waals surface area contributed by atoms with E-state index in [9.17, 15) is 0 Å². The van der Waals surface area contributed by atoms with Crippen molar-refractivity contribution in [2.75, 3.05) is 25.1 Å². The molecule has 1 N–H and O–H groups in total. The number of fused-ring (bicyclic) bond motifs is 1. The Bertz CT molecular complexity index is 401. The molecule has 2 aliphatic heterocycles. The van der Waals surface area contributed by atoms with Gasteiger partial charge < -0.3 is 5.32 Å². The third-order valence-electron chi connectivity index (χ3n) is 3.19. The van der Waals surface area contributed by atoms with E-state index in [4.69, 9.17) is 0 Å². The Balaban J connectivity index is 1.92. The molecule has 2 heterocycles. The van der Waals surface area contributed by atoms with Gasteiger partial charge in [-0.15, -0.1) is 0 Å². The zero-order valence-corrected chi connectivity index (χ0v) is 9.43. The molecule has 0 aliphatic carbocycles. The van der Waals surface area contributed by atoms with Crippen LogP contribution in [0.15, 0.2) is 35.4 Å². The molecule has 4 heteroatoms. The van der Waals surface area contributed by atoms with E-state index in [1.54, 1.807) is 0 Å². The fourth-order valence-corrected chi connectivity index (χ4v) is 2.47. The number of para-hydroxylation sites is 1. The summed E-state index contributed by atoms with van der Waals surface area (Å²) < 4.78 is 0. The van der Waals surface area contributed by atoms with Crippen LogP contribution in [0.5, 0.6) is 0 Å². The van der Waals surface area contributed by atoms with E-state index in [0.29, 0.717) is 6.04 Å². The van der Waals surface area contributed by atoms with Gasteiger partial charge in [0.1, 0.15) is 0 Å². The summed E-state index contributed by atoms with van der Waals surface area (Å²) in [7, 11) is 2.01. The second-order valence-corrected chi connectivity index (χ2v) is 4.24. The average molecular weight is 216 g/mol. The summed E-state index contributed by atoms with van der Waals surface area (Å²) in [6.07, 6.45) is 1.12. The van der Waals surface area contributed by atoms with Gasteiger partial charge in [0.2, 0.25) is 0 Å². The predicted octanol–water partition coefficient (Wildman–Crippen LogP) is 1.07. The summed E-state index contributed by atoms with van der Waals surface area (Å²) in [5.41, 5.74) is 2.47. The van der Waals surface area contributed by atoms with Gasteiger partial charge in [0.15, 0.2) is 0 Å². The quantitative estimate of drug-likeness (QED) is 0.762. The third-order valence-corrected chi connectivity index (χ3v) is 3.19. The molecule has 0 amide bonds. The van der Waals surface area contributed by atoms with Crippen LogP contribution in [0.2, 0.25) is 0 Å². The monoisotopic (exact) mass is 216 g/mol. The smallest absolute Gasteiger partial charge is 0.0946 e. The fourth-order valence-electron chi connectivity index (χ4n) is 2.47. The lowest BCUT2D eigenvalue weighted by Gasteiger charge is -2.33. The van der Waals surface area contributed by atoms with Crippen molar-refractivity contribution in [3.8, 4) is 0 Å². The maximum Gasteiger partial charge on any atom is 0.0946 e. The number of nitrogens with zero attached hydrogens (tertiary/aromatic N) is 3. The number of nitrogens with one attached hydrogen (secondary N) is 1. The van der Waals surface area contributed by atoms with Gasteiger partial charge in [-0.1, -0.05) is 18.2 Å². The molecule has 1 saturated heterocycles. The van der Waals surface area contributed by atoms with E-state index in [2.05, 4.69) is 39.7 Å². The number of hydrogen-bond acceptors (Lipinski definition) is 4. The molecule has 1 aromatic rings. The van der Waals surface area contributed by atoms with Gasteiger partial charge >= 0.3 is 0 Å². The lowest BCUT2D eigenvalue weighted by molar-refractivity contribution is 0.331. The van der Waals surface area contributed by atoms with Crippen LogP contribution in [0.3, 0.4) is 0 Å². The molecular weight excluding hydrogens is 200 g/mol. The first-order valence-corrected chi connectivity index (χ1v) is 5.72. The zero-order valence-electron chi connectivity index (χ0n) is 9.43. The van der Waals surface area contributed by atoms with Crippen LogP contribution in [0, 0.1) is 0 Å². The molecule has 2 aliphatic rings. The molecule has 0 bridgehead atoms. The first kappa shape index (κ1) is 9.66. The SMILES string of the molecule is CN1N=C2CNCCC2N1c1ccccc1. The number of piperidine rings is 1. The second-order valence-electron chi connectivity index (χ2n) is 4.24. The van der Waals surface area contributed by atoms with E-state index in [-0.39, 0.29) is 0 Å². The van der Waals surface area contributed by atoms with Crippen LogP contribution >= 0.6 is 0 Å². The molecule has 3 rings (SSSR count). The van der Waals surface area contributed by atoms with Crippen molar-refractivity contribution in [3.63, 3.8) is 0 Å². The van der Waals surface area contributed by atoms with Gasteiger partial charge in [-0.2, -0.15) is 5.10 Å². The molecule has 84 valence electrons. The molecule has 0 radical (unpaired) electrons. The van der Waals surface area contributed by atoms with E-state index >= 15 is 0 Å². The summed E-state index contributed by atoms with van der Waals surface area (Å²) in [6, 6.07) is 10.9. The Kier molecular flexibility index (Phi) is 2.29. The topological polar surface area (TPSA) is 30.9 Å². The van der Waals surface area contributed by atoms with Crippen molar-refractivity contribution in [2.45, 2.75) is 12.5 Å². The molecule has 1 fully saturated rings. The minimum absolute atomic E-state index is 0.439. The van der Waals surface area contributed by atoms with Crippen molar-refractivity contribution in [1.29, 1.82) is 0 Å². The van der Waals surface area contributed by atoms with E-state index < -0.39 is 0 Å². The predicted molar refractivity (Wildman–Crippen MR) is 65.4 cm³/mol. The highest BCUT2D eigenvalue weighted by molar-refractivity contribution is 5.95. The van der Waals surface area contributed by atoms with Gasteiger partial charge in [-0.25, -0.2) is 5.12 Å². The Hall–Kier alpha value is -1.55. The average Bonchev–Trinajstić information content (AvgIpc) is 2.66. The first-order valence-electron chi connectivity index (χ1n) is 5.72. The number of hydrazone groups is 1. The van der Waals surface area contributed by atoms with Crippen molar-refractivity contribution >= 4 is 11.4 Å². The van der Waals surface area contributed by atoms with Gasteiger partial charge in [0.25, 0.3) is 0 Å². The van der Waals surface area contributed by atoms with Crippen molar-refractivity contribution in [3.05, 3.63) is 30.3 Å². The summed E-state index contributed by atoms with van der Waals surface area (Å²) >= 11 is 0. The minimum Gasteiger partial charge on any atom is -0.311 e. The van der Waals surface area contributed by atoms with Crippen molar-refractivity contribution in [2.24, 2.45) is 5.10 Å². The van der Waals surface area contributed by atoms with Gasteiger partial charge in [-0.3, -0.25) is 5.01 Å². The van der Waals surface area contributed by atoms with Gasteiger partial charge in [0.05, 0.1) is 17.4 Å². The zero-order chi connectivity index (χ0) is 11.0. The number of benzene rings is 1.